The van der Waals surface area contributed by atoms with Crippen LogP contribution in [0.2, 0.25) is 0 Å². The minimum Gasteiger partial charge on any atom is -0.480 e. The van der Waals surface area contributed by atoms with Gasteiger partial charge in [0, 0.05) is 25.3 Å². The van der Waals surface area contributed by atoms with Gasteiger partial charge in [-0.25, -0.2) is 4.79 Å². The zero-order valence-corrected chi connectivity index (χ0v) is 17.5. The van der Waals surface area contributed by atoms with Crippen LogP contribution in [0.15, 0.2) is 48.5 Å². The first-order valence-corrected chi connectivity index (χ1v) is 10.7. The van der Waals surface area contributed by atoms with Crippen LogP contribution in [0.4, 0.5) is 4.79 Å². The maximum Gasteiger partial charge on any atom is 0.407 e. The number of carboxylic acid groups (broad SMARTS) is 1. The Bertz CT molecular complexity index is 888. The molecule has 1 aliphatic rings. The first-order valence-electron chi connectivity index (χ1n) is 9.59. The second-order valence-corrected chi connectivity index (χ2v) is 8.05. The van der Waals surface area contributed by atoms with Gasteiger partial charge in [0.25, 0.3) is 0 Å². The second-order valence-electron chi connectivity index (χ2n) is 6.95. The first kappa shape index (κ1) is 21.7. The van der Waals surface area contributed by atoms with E-state index in [2.05, 4.69) is 29.6 Å². The molecule has 0 aliphatic heterocycles. The number of carboxylic acids is 1. The predicted octanol–water partition coefficient (Wildman–Crippen LogP) is 2.80. The Kier molecular flexibility index (Phi) is 7.35. The smallest absolute Gasteiger partial charge is 0.407 e. The van der Waals surface area contributed by atoms with Crippen LogP contribution in [-0.2, 0) is 14.3 Å². The van der Waals surface area contributed by atoms with Crippen molar-refractivity contribution in [2.75, 3.05) is 38.2 Å². The normalized spacial score (nSPS) is 12.0. The molecule has 0 spiro atoms. The maximum atomic E-state index is 12.1. The Morgan fingerprint density at radius 3 is 2.27 bits per heavy atom. The predicted molar refractivity (Wildman–Crippen MR) is 116 cm³/mol. The van der Waals surface area contributed by atoms with Gasteiger partial charge < -0.3 is 20.1 Å². The number of amides is 2. The summed E-state index contributed by atoms with van der Waals surface area (Å²) in [6, 6.07) is 16.3. The molecule has 0 radical (unpaired) electrons. The van der Waals surface area contributed by atoms with Crippen LogP contribution in [0.3, 0.4) is 0 Å². The molecular formula is C22H24N2O5S. The molecule has 0 heterocycles. The molecule has 0 unspecified atom stereocenters. The number of aliphatic carboxylic acids is 1. The lowest BCUT2D eigenvalue weighted by Crippen LogP contribution is -2.33. The molecule has 30 heavy (non-hydrogen) atoms. The van der Waals surface area contributed by atoms with E-state index in [9.17, 15) is 14.4 Å². The summed E-state index contributed by atoms with van der Waals surface area (Å²) in [6.45, 7) is 0.292. The number of rotatable bonds is 9. The molecule has 7 nitrogen and oxygen atoms in total. The quantitative estimate of drug-likeness (QED) is 0.597. The molecular weight excluding hydrogens is 404 g/mol. The molecule has 0 atom stereocenters. The van der Waals surface area contributed by atoms with E-state index >= 15 is 0 Å². The van der Waals surface area contributed by atoms with Crippen molar-refractivity contribution in [2.24, 2.45) is 0 Å². The molecule has 2 N–H and O–H groups in total. The van der Waals surface area contributed by atoms with Crippen molar-refractivity contribution >= 4 is 29.7 Å². The van der Waals surface area contributed by atoms with Gasteiger partial charge in [0.15, 0.2) is 0 Å². The number of fused-ring (bicyclic) bond motifs is 3. The van der Waals surface area contributed by atoms with Crippen LogP contribution < -0.4 is 5.32 Å². The number of nitrogens with one attached hydrogen (secondary N) is 1. The van der Waals surface area contributed by atoms with E-state index in [1.54, 1.807) is 0 Å². The molecule has 0 bridgehead atoms. The zero-order chi connectivity index (χ0) is 21.5. The number of ether oxygens (including phenoxy) is 1. The number of likely N-dealkylation sites (N-methyl/N-ethyl adjacent to an activating group) is 1. The van der Waals surface area contributed by atoms with Crippen molar-refractivity contribution in [3.63, 3.8) is 0 Å². The van der Waals surface area contributed by atoms with Crippen LogP contribution in [0.5, 0.6) is 0 Å². The highest BCUT2D eigenvalue weighted by Gasteiger charge is 2.28. The number of carbonyl (C=O) groups is 3. The van der Waals surface area contributed by atoms with Gasteiger partial charge in [-0.2, -0.15) is 11.8 Å². The number of carbonyl (C=O) groups excluding carboxylic acids is 2. The standard InChI is InChI=1S/C22H24N2O5S/c1-24(12-21(26)27)20(25)14-30-11-10-23-22(28)29-13-19-17-8-4-2-6-15(17)16-7-3-5-9-18(16)19/h2-9,19H,10-14H2,1H3,(H,23,28)(H,26,27). The molecule has 2 aromatic carbocycles. The third-order valence-electron chi connectivity index (χ3n) is 4.88. The van der Waals surface area contributed by atoms with Crippen LogP contribution in [0, 0.1) is 0 Å². The lowest BCUT2D eigenvalue weighted by molar-refractivity contribution is -0.142. The Balaban J connectivity index is 1.41. The number of nitrogens with zero attached hydrogens (tertiary/aromatic N) is 1. The lowest BCUT2D eigenvalue weighted by atomic mass is 9.98. The summed E-state index contributed by atoms with van der Waals surface area (Å²) in [5.41, 5.74) is 4.67. The van der Waals surface area contributed by atoms with Gasteiger partial charge >= 0.3 is 12.1 Å². The van der Waals surface area contributed by atoms with Crippen LogP contribution in [0.1, 0.15) is 17.0 Å². The summed E-state index contributed by atoms with van der Waals surface area (Å²) in [6.07, 6.45) is -0.494. The fourth-order valence-corrected chi connectivity index (χ4v) is 4.22. The summed E-state index contributed by atoms with van der Waals surface area (Å²) < 4.78 is 5.45. The maximum absolute atomic E-state index is 12.1. The Morgan fingerprint density at radius 2 is 1.67 bits per heavy atom. The van der Waals surface area contributed by atoms with E-state index in [1.807, 2.05) is 24.3 Å². The second kappa shape index (κ2) is 10.2. The summed E-state index contributed by atoms with van der Waals surface area (Å²) in [4.78, 5) is 35.6. The minimum absolute atomic E-state index is 0.0138. The molecule has 2 amide bonds. The largest absolute Gasteiger partial charge is 0.480 e. The average molecular weight is 429 g/mol. The van der Waals surface area contributed by atoms with Crippen molar-refractivity contribution in [3.05, 3.63) is 59.7 Å². The third-order valence-corrected chi connectivity index (χ3v) is 5.83. The Labute approximate surface area is 179 Å². The number of benzene rings is 2. The average Bonchev–Trinajstić information content (AvgIpc) is 3.05. The highest BCUT2D eigenvalue weighted by atomic mass is 32.2. The minimum atomic E-state index is -1.05. The monoisotopic (exact) mass is 428 g/mol. The summed E-state index contributed by atoms with van der Waals surface area (Å²) in [5.74, 6) is -0.608. The molecule has 0 saturated carbocycles. The van der Waals surface area contributed by atoms with Crippen molar-refractivity contribution < 1.29 is 24.2 Å². The number of alkyl carbamates (subject to hydrolysis) is 1. The van der Waals surface area contributed by atoms with Gasteiger partial charge in [0.1, 0.15) is 13.2 Å². The summed E-state index contributed by atoms with van der Waals surface area (Å²) in [7, 11) is 1.45. The zero-order valence-electron chi connectivity index (χ0n) is 16.7. The Hall–Kier alpha value is -3.00. The highest BCUT2D eigenvalue weighted by molar-refractivity contribution is 7.99. The van der Waals surface area contributed by atoms with Gasteiger partial charge in [-0.3, -0.25) is 9.59 Å². The van der Waals surface area contributed by atoms with Crippen LogP contribution in [-0.4, -0.2) is 66.2 Å². The van der Waals surface area contributed by atoms with Crippen LogP contribution in [0.25, 0.3) is 11.1 Å². The van der Waals surface area contributed by atoms with E-state index in [0.29, 0.717) is 12.3 Å². The molecule has 2 aromatic rings. The molecule has 0 saturated heterocycles. The van der Waals surface area contributed by atoms with Crippen molar-refractivity contribution in [1.82, 2.24) is 10.2 Å². The Morgan fingerprint density at radius 1 is 1.07 bits per heavy atom. The van der Waals surface area contributed by atoms with Crippen LogP contribution >= 0.6 is 11.8 Å². The topological polar surface area (TPSA) is 95.9 Å². The fourth-order valence-electron chi connectivity index (χ4n) is 3.44. The summed E-state index contributed by atoms with van der Waals surface area (Å²) >= 11 is 1.33. The number of hydrogen-bond donors (Lipinski definition) is 2. The van der Waals surface area contributed by atoms with Crippen molar-refractivity contribution in [2.45, 2.75) is 5.92 Å². The van der Waals surface area contributed by atoms with E-state index < -0.39 is 12.1 Å². The lowest BCUT2D eigenvalue weighted by Gasteiger charge is -2.15. The first-order chi connectivity index (χ1) is 14.5. The highest BCUT2D eigenvalue weighted by Crippen LogP contribution is 2.44. The van der Waals surface area contributed by atoms with Gasteiger partial charge in [0.05, 0.1) is 5.75 Å². The van der Waals surface area contributed by atoms with Gasteiger partial charge in [-0.15, -0.1) is 0 Å². The third kappa shape index (κ3) is 5.33. The summed E-state index contributed by atoms with van der Waals surface area (Å²) in [5, 5.41) is 11.4. The van der Waals surface area contributed by atoms with E-state index in [4.69, 9.17) is 9.84 Å². The molecule has 1 aliphatic carbocycles. The molecule has 0 fully saturated rings. The van der Waals surface area contributed by atoms with E-state index in [1.165, 1.54) is 29.9 Å². The van der Waals surface area contributed by atoms with E-state index in [-0.39, 0.29) is 30.7 Å². The number of hydrogen-bond acceptors (Lipinski definition) is 5. The fraction of sp³-hybridized carbons (Fsp3) is 0.318. The molecule has 8 heteroatoms. The van der Waals surface area contributed by atoms with Gasteiger partial charge in [-0.05, 0) is 22.3 Å². The molecule has 158 valence electrons. The van der Waals surface area contributed by atoms with Crippen molar-refractivity contribution in [1.29, 1.82) is 0 Å². The van der Waals surface area contributed by atoms with Crippen molar-refractivity contribution in [3.8, 4) is 11.1 Å². The molecule has 3 rings (SSSR count). The van der Waals surface area contributed by atoms with E-state index in [0.717, 1.165) is 16.0 Å². The SMILES string of the molecule is CN(CC(=O)O)C(=O)CSCCNC(=O)OCC1c2ccccc2-c2ccccc21. The van der Waals surface area contributed by atoms with Gasteiger partial charge in [0.2, 0.25) is 5.91 Å². The van der Waals surface area contributed by atoms with Gasteiger partial charge in [-0.1, -0.05) is 48.5 Å². The number of thioether (sulfide) groups is 1. The molecule has 0 aromatic heterocycles.